The lowest BCUT2D eigenvalue weighted by Crippen LogP contribution is -2.52. The molecule has 1 atom stereocenters. The Morgan fingerprint density at radius 3 is 2.91 bits per heavy atom. The maximum Gasteiger partial charge on any atom is 0.137 e. The van der Waals surface area contributed by atoms with Crippen molar-refractivity contribution in [3.63, 3.8) is 0 Å². The molecule has 3 rings (SSSR count). The Kier molecular flexibility index (Phi) is 4.84. The van der Waals surface area contributed by atoms with E-state index in [1.165, 1.54) is 5.82 Å². The molecule has 120 valence electrons. The van der Waals surface area contributed by atoms with Crippen LogP contribution < -0.4 is 0 Å². The number of imidazole rings is 1. The summed E-state index contributed by atoms with van der Waals surface area (Å²) in [5.74, 6) is 1.17. The first-order valence-electron chi connectivity index (χ1n) is 8.05. The van der Waals surface area contributed by atoms with Gasteiger partial charge in [-0.25, -0.2) is 9.97 Å². The van der Waals surface area contributed by atoms with Crippen molar-refractivity contribution >= 4 is 0 Å². The summed E-state index contributed by atoms with van der Waals surface area (Å²) in [6.45, 7) is 11.6. The number of piperazine rings is 1. The summed E-state index contributed by atoms with van der Waals surface area (Å²) < 4.78 is 4.12. The van der Waals surface area contributed by atoms with Crippen molar-refractivity contribution in [2.45, 2.75) is 39.5 Å². The van der Waals surface area contributed by atoms with Gasteiger partial charge in [0.05, 0.1) is 13.1 Å². The minimum absolute atomic E-state index is 0.548. The summed E-state index contributed by atoms with van der Waals surface area (Å²) >= 11 is 0. The lowest BCUT2D eigenvalue weighted by atomic mass is 10.2. The van der Waals surface area contributed by atoms with Crippen molar-refractivity contribution in [3.8, 4) is 0 Å². The number of aromatic nitrogens is 5. The summed E-state index contributed by atoms with van der Waals surface area (Å²) in [5.41, 5.74) is 0. The standard InChI is InChI=1S/C15H25N7/c1-3-20-5-4-17-15(20)11-21-8-6-19(10-14(21)2)7-9-22-13-16-12-18-22/h4-5,12-14H,3,6-11H2,1-2H3/t14-/m0/s1. The average molecular weight is 303 g/mol. The quantitative estimate of drug-likeness (QED) is 0.786. The molecule has 22 heavy (non-hydrogen) atoms. The highest BCUT2D eigenvalue weighted by Crippen LogP contribution is 2.13. The Morgan fingerprint density at radius 2 is 2.18 bits per heavy atom. The second-order valence-electron chi connectivity index (χ2n) is 5.91. The second-order valence-corrected chi connectivity index (χ2v) is 5.91. The lowest BCUT2D eigenvalue weighted by Gasteiger charge is -2.39. The van der Waals surface area contributed by atoms with Crippen LogP contribution in [-0.2, 0) is 19.6 Å². The van der Waals surface area contributed by atoms with E-state index in [-0.39, 0.29) is 0 Å². The third-order valence-electron chi connectivity index (χ3n) is 4.45. The van der Waals surface area contributed by atoms with Gasteiger partial charge < -0.3 is 4.57 Å². The fourth-order valence-electron chi connectivity index (χ4n) is 3.06. The fraction of sp³-hybridized carbons (Fsp3) is 0.667. The van der Waals surface area contributed by atoms with E-state index < -0.39 is 0 Å². The molecule has 7 heteroatoms. The topological polar surface area (TPSA) is 55.0 Å². The molecule has 0 bridgehead atoms. The van der Waals surface area contributed by atoms with E-state index in [9.17, 15) is 0 Å². The monoisotopic (exact) mass is 303 g/mol. The van der Waals surface area contributed by atoms with Gasteiger partial charge >= 0.3 is 0 Å². The molecule has 0 unspecified atom stereocenters. The van der Waals surface area contributed by atoms with Crippen LogP contribution in [0.1, 0.15) is 19.7 Å². The lowest BCUT2D eigenvalue weighted by molar-refractivity contribution is 0.0722. The number of aryl methyl sites for hydroxylation is 1. The van der Waals surface area contributed by atoms with Crippen LogP contribution in [0, 0.1) is 0 Å². The molecule has 7 nitrogen and oxygen atoms in total. The van der Waals surface area contributed by atoms with Crippen LogP contribution in [0.5, 0.6) is 0 Å². The van der Waals surface area contributed by atoms with E-state index in [2.05, 4.69) is 49.5 Å². The van der Waals surface area contributed by atoms with Crippen LogP contribution in [-0.4, -0.2) is 66.3 Å². The Bertz CT molecular complexity index is 562. The zero-order chi connectivity index (χ0) is 15.4. The summed E-state index contributed by atoms with van der Waals surface area (Å²) in [4.78, 5) is 13.5. The van der Waals surface area contributed by atoms with Gasteiger partial charge in [-0.3, -0.25) is 14.5 Å². The van der Waals surface area contributed by atoms with Crippen molar-refractivity contribution in [3.05, 3.63) is 30.9 Å². The Balaban J connectivity index is 1.49. The van der Waals surface area contributed by atoms with E-state index in [0.717, 1.165) is 45.8 Å². The number of rotatable bonds is 6. The Morgan fingerprint density at radius 1 is 1.27 bits per heavy atom. The molecule has 1 fully saturated rings. The first-order chi connectivity index (χ1) is 10.8. The Labute approximate surface area is 131 Å². The smallest absolute Gasteiger partial charge is 0.137 e. The molecular weight excluding hydrogens is 278 g/mol. The predicted octanol–water partition coefficient (Wildman–Crippen LogP) is 0.701. The first-order valence-corrected chi connectivity index (χ1v) is 8.05. The molecule has 0 N–H and O–H groups in total. The normalized spacial score (nSPS) is 20.5. The maximum absolute atomic E-state index is 4.49. The van der Waals surface area contributed by atoms with Gasteiger partial charge in [0, 0.05) is 51.2 Å². The molecule has 3 heterocycles. The summed E-state index contributed by atoms with van der Waals surface area (Å²) in [6.07, 6.45) is 7.34. The molecule has 0 saturated carbocycles. The van der Waals surface area contributed by atoms with Crippen molar-refractivity contribution < 1.29 is 0 Å². The van der Waals surface area contributed by atoms with Gasteiger partial charge in [0.1, 0.15) is 18.5 Å². The van der Waals surface area contributed by atoms with Gasteiger partial charge in [-0.2, -0.15) is 5.10 Å². The van der Waals surface area contributed by atoms with Crippen LogP contribution in [0.4, 0.5) is 0 Å². The van der Waals surface area contributed by atoms with Crippen LogP contribution in [0.15, 0.2) is 25.0 Å². The van der Waals surface area contributed by atoms with E-state index in [4.69, 9.17) is 0 Å². The molecule has 0 radical (unpaired) electrons. The van der Waals surface area contributed by atoms with Crippen LogP contribution in [0.2, 0.25) is 0 Å². The molecule has 0 amide bonds. The van der Waals surface area contributed by atoms with Crippen molar-refractivity contribution in [2.75, 3.05) is 26.2 Å². The van der Waals surface area contributed by atoms with Crippen LogP contribution in [0.3, 0.4) is 0 Å². The van der Waals surface area contributed by atoms with E-state index >= 15 is 0 Å². The highest BCUT2D eigenvalue weighted by molar-refractivity contribution is 4.94. The SMILES string of the molecule is CCn1ccnc1CN1CCN(CCn2cncn2)C[C@@H]1C. The van der Waals surface area contributed by atoms with Gasteiger partial charge in [0.15, 0.2) is 0 Å². The molecule has 1 saturated heterocycles. The molecule has 0 spiro atoms. The van der Waals surface area contributed by atoms with Crippen LogP contribution in [0.25, 0.3) is 0 Å². The van der Waals surface area contributed by atoms with Gasteiger partial charge in [0.25, 0.3) is 0 Å². The molecule has 1 aliphatic rings. The number of hydrogen-bond acceptors (Lipinski definition) is 5. The van der Waals surface area contributed by atoms with Crippen molar-refractivity contribution in [2.24, 2.45) is 0 Å². The zero-order valence-corrected chi connectivity index (χ0v) is 13.5. The summed E-state index contributed by atoms with van der Waals surface area (Å²) in [5, 5.41) is 4.16. The van der Waals surface area contributed by atoms with Gasteiger partial charge in [0.2, 0.25) is 0 Å². The average Bonchev–Trinajstić information content (AvgIpc) is 3.18. The summed E-state index contributed by atoms with van der Waals surface area (Å²) in [7, 11) is 0. The highest BCUT2D eigenvalue weighted by Gasteiger charge is 2.24. The molecule has 0 aromatic carbocycles. The third kappa shape index (κ3) is 3.53. The Hall–Kier alpha value is -1.73. The van der Waals surface area contributed by atoms with E-state index in [0.29, 0.717) is 6.04 Å². The van der Waals surface area contributed by atoms with Crippen LogP contribution >= 0.6 is 0 Å². The number of nitrogens with zero attached hydrogens (tertiary/aromatic N) is 7. The largest absolute Gasteiger partial charge is 0.334 e. The first kappa shape index (κ1) is 15.2. The maximum atomic E-state index is 4.49. The minimum atomic E-state index is 0.548. The third-order valence-corrected chi connectivity index (χ3v) is 4.45. The molecule has 0 aliphatic carbocycles. The zero-order valence-electron chi connectivity index (χ0n) is 13.5. The van der Waals surface area contributed by atoms with Gasteiger partial charge in [-0.05, 0) is 13.8 Å². The van der Waals surface area contributed by atoms with Gasteiger partial charge in [-0.15, -0.1) is 0 Å². The van der Waals surface area contributed by atoms with E-state index in [1.54, 1.807) is 12.7 Å². The highest BCUT2D eigenvalue weighted by atomic mass is 15.3. The van der Waals surface area contributed by atoms with E-state index in [1.807, 2.05) is 10.9 Å². The molecule has 2 aromatic rings. The summed E-state index contributed by atoms with van der Waals surface area (Å²) in [6, 6.07) is 0.548. The number of hydrogen-bond donors (Lipinski definition) is 0. The molecule has 1 aliphatic heterocycles. The molecule has 2 aromatic heterocycles. The predicted molar refractivity (Wildman–Crippen MR) is 84.2 cm³/mol. The second kappa shape index (κ2) is 7.02. The van der Waals surface area contributed by atoms with Crippen molar-refractivity contribution in [1.82, 2.24) is 34.1 Å². The van der Waals surface area contributed by atoms with Crippen molar-refractivity contribution in [1.29, 1.82) is 0 Å². The van der Waals surface area contributed by atoms with Gasteiger partial charge in [-0.1, -0.05) is 0 Å². The molecular formula is C15H25N7. The minimum Gasteiger partial charge on any atom is -0.334 e. The fourth-order valence-corrected chi connectivity index (χ4v) is 3.06.